The molecule has 0 rings (SSSR count). The van der Waals surface area contributed by atoms with Gasteiger partial charge in [-0.2, -0.15) is 11.8 Å². The van der Waals surface area contributed by atoms with Crippen molar-refractivity contribution in [2.45, 2.75) is 25.5 Å². The Morgan fingerprint density at radius 3 is 2.15 bits per heavy atom. The zero-order chi connectivity index (χ0) is 10.5. The van der Waals surface area contributed by atoms with Gasteiger partial charge in [0.2, 0.25) is 0 Å². The van der Waals surface area contributed by atoms with Gasteiger partial charge >= 0.3 is 0 Å². The van der Waals surface area contributed by atoms with E-state index in [-0.39, 0.29) is 5.75 Å². The van der Waals surface area contributed by atoms with Crippen molar-refractivity contribution in [3.8, 4) is 0 Å². The van der Waals surface area contributed by atoms with E-state index in [4.69, 9.17) is 5.73 Å². The molecule has 0 aromatic rings. The molecule has 0 unspecified atom stereocenters. The lowest BCUT2D eigenvalue weighted by Gasteiger charge is -2.18. The summed E-state index contributed by atoms with van der Waals surface area (Å²) in [6.07, 6.45) is 0. The van der Waals surface area contributed by atoms with E-state index in [2.05, 4.69) is 0 Å². The Hall–Kier alpha value is 0.260. The molecule has 0 atom stereocenters. The maximum Gasteiger partial charge on any atom is 0.155 e. The van der Waals surface area contributed by atoms with Crippen LogP contribution in [0.5, 0.6) is 0 Å². The van der Waals surface area contributed by atoms with Gasteiger partial charge in [0.05, 0.1) is 10.5 Å². The van der Waals surface area contributed by atoms with Crippen LogP contribution in [0.2, 0.25) is 0 Å². The summed E-state index contributed by atoms with van der Waals surface area (Å²) in [5.74, 6) is 1.73. The van der Waals surface area contributed by atoms with Crippen LogP contribution in [-0.4, -0.2) is 37.0 Å². The average molecular weight is 225 g/mol. The molecule has 5 heteroatoms. The van der Waals surface area contributed by atoms with Crippen molar-refractivity contribution in [2.75, 3.05) is 23.8 Å². The number of thioether (sulfide) groups is 1. The third-order valence-electron chi connectivity index (χ3n) is 1.69. The fourth-order valence-corrected chi connectivity index (χ4v) is 2.99. The van der Waals surface area contributed by atoms with E-state index in [0.717, 1.165) is 5.75 Å². The number of hydrogen-bond donors (Lipinski definition) is 1. The van der Waals surface area contributed by atoms with Crippen molar-refractivity contribution in [2.24, 2.45) is 5.73 Å². The summed E-state index contributed by atoms with van der Waals surface area (Å²) in [5, 5.41) is 0. The maximum absolute atomic E-state index is 11.6. The molecule has 0 aliphatic carbocycles. The normalized spacial score (nSPS) is 13.2. The second-order valence-electron chi connectivity index (χ2n) is 3.83. The zero-order valence-corrected chi connectivity index (χ0v) is 10.2. The Balaban J connectivity index is 3.92. The first kappa shape index (κ1) is 13.3. The first-order valence-electron chi connectivity index (χ1n) is 4.31. The Bertz CT molecular complexity index is 229. The summed E-state index contributed by atoms with van der Waals surface area (Å²) >= 11 is 1.59. The second kappa shape index (κ2) is 5.22. The fraction of sp³-hybridized carbons (Fsp3) is 1.00. The fourth-order valence-electron chi connectivity index (χ4n) is 0.660. The number of nitrogens with two attached hydrogens (primary N) is 1. The van der Waals surface area contributed by atoms with Crippen LogP contribution in [0, 0.1) is 0 Å². The maximum atomic E-state index is 11.6. The van der Waals surface area contributed by atoms with Crippen LogP contribution in [0.4, 0.5) is 0 Å². The van der Waals surface area contributed by atoms with Gasteiger partial charge in [-0.1, -0.05) is 0 Å². The summed E-state index contributed by atoms with van der Waals surface area (Å²) in [5.41, 5.74) is 5.29. The van der Waals surface area contributed by atoms with Crippen LogP contribution in [0.3, 0.4) is 0 Å². The molecule has 0 saturated heterocycles. The van der Waals surface area contributed by atoms with Gasteiger partial charge in [0.25, 0.3) is 0 Å². The molecule has 13 heavy (non-hydrogen) atoms. The molecule has 0 bridgehead atoms. The van der Waals surface area contributed by atoms with Gasteiger partial charge in [-0.15, -0.1) is 0 Å². The van der Waals surface area contributed by atoms with Gasteiger partial charge in [0, 0.05) is 18.1 Å². The molecular weight excluding hydrogens is 206 g/mol. The molecule has 80 valence electrons. The summed E-state index contributed by atoms with van der Waals surface area (Å²) in [6, 6.07) is 0. The van der Waals surface area contributed by atoms with Crippen molar-refractivity contribution >= 4 is 21.6 Å². The lowest BCUT2D eigenvalue weighted by Crippen LogP contribution is -2.31. The Morgan fingerprint density at radius 2 is 1.77 bits per heavy atom. The van der Waals surface area contributed by atoms with Gasteiger partial charge in [0.1, 0.15) is 0 Å². The molecule has 0 fully saturated rings. The standard InChI is InChI=1S/C8H19NO2S2/c1-8(2,3)13(10,11)7-6-12-5-4-9/h4-7,9H2,1-3H3. The van der Waals surface area contributed by atoms with Gasteiger partial charge in [-0.3, -0.25) is 0 Å². The molecule has 0 aliphatic rings. The molecular formula is C8H19NO2S2. The molecule has 2 N–H and O–H groups in total. The number of hydrogen-bond acceptors (Lipinski definition) is 4. The Kier molecular flexibility index (Phi) is 5.32. The van der Waals surface area contributed by atoms with E-state index in [9.17, 15) is 8.42 Å². The largest absolute Gasteiger partial charge is 0.330 e. The third kappa shape index (κ3) is 4.88. The highest BCUT2D eigenvalue weighted by Gasteiger charge is 2.27. The summed E-state index contributed by atoms with van der Waals surface area (Å²) in [7, 11) is -2.94. The smallest absolute Gasteiger partial charge is 0.155 e. The van der Waals surface area contributed by atoms with Crippen LogP contribution >= 0.6 is 11.8 Å². The topological polar surface area (TPSA) is 60.2 Å². The summed E-state index contributed by atoms with van der Waals surface area (Å²) in [6.45, 7) is 5.81. The first-order valence-corrected chi connectivity index (χ1v) is 7.12. The highest BCUT2D eigenvalue weighted by molar-refractivity contribution is 8.00. The van der Waals surface area contributed by atoms with Gasteiger partial charge < -0.3 is 5.73 Å². The van der Waals surface area contributed by atoms with Crippen molar-refractivity contribution in [3.63, 3.8) is 0 Å². The van der Waals surface area contributed by atoms with Crippen LogP contribution < -0.4 is 5.73 Å². The predicted molar refractivity (Wildman–Crippen MR) is 59.9 cm³/mol. The van der Waals surface area contributed by atoms with Crippen LogP contribution in [0.25, 0.3) is 0 Å². The Morgan fingerprint density at radius 1 is 1.23 bits per heavy atom. The molecule has 3 nitrogen and oxygen atoms in total. The van der Waals surface area contributed by atoms with E-state index in [1.54, 1.807) is 32.5 Å². The molecule has 0 amide bonds. The average Bonchev–Trinajstić information content (AvgIpc) is 1.96. The van der Waals surface area contributed by atoms with E-state index in [0.29, 0.717) is 12.3 Å². The molecule has 0 spiro atoms. The highest BCUT2D eigenvalue weighted by Crippen LogP contribution is 2.17. The molecule has 0 aromatic heterocycles. The van der Waals surface area contributed by atoms with Gasteiger partial charge in [-0.05, 0) is 20.8 Å². The van der Waals surface area contributed by atoms with Gasteiger partial charge in [-0.25, -0.2) is 8.42 Å². The van der Waals surface area contributed by atoms with Crippen molar-refractivity contribution in [1.82, 2.24) is 0 Å². The minimum Gasteiger partial charge on any atom is -0.330 e. The number of rotatable bonds is 5. The lowest BCUT2D eigenvalue weighted by atomic mass is 10.3. The van der Waals surface area contributed by atoms with Crippen LogP contribution in [0.1, 0.15) is 20.8 Å². The molecule has 0 heterocycles. The van der Waals surface area contributed by atoms with E-state index >= 15 is 0 Å². The molecule has 0 aliphatic heterocycles. The summed E-state index contributed by atoms with van der Waals surface area (Å²) < 4.78 is 22.5. The Labute approximate surface area is 85.4 Å². The second-order valence-corrected chi connectivity index (χ2v) is 7.92. The van der Waals surface area contributed by atoms with Crippen LogP contribution in [-0.2, 0) is 9.84 Å². The predicted octanol–water partition coefficient (Wildman–Crippen LogP) is 0.892. The van der Waals surface area contributed by atoms with E-state index in [1.807, 2.05) is 0 Å². The molecule has 0 radical (unpaired) electrons. The molecule has 0 saturated carbocycles. The number of sulfone groups is 1. The van der Waals surface area contributed by atoms with E-state index in [1.165, 1.54) is 0 Å². The minimum atomic E-state index is -2.94. The first-order chi connectivity index (χ1) is 5.81. The SMILES string of the molecule is CC(C)(C)S(=O)(=O)CCSCCN. The van der Waals surface area contributed by atoms with Crippen molar-refractivity contribution in [3.05, 3.63) is 0 Å². The van der Waals surface area contributed by atoms with Crippen molar-refractivity contribution < 1.29 is 8.42 Å². The zero-order valence-electron chi connectivity index (χ0n) is 8.54. The monoisotopic (exact) mass is 225 g/mol. The lowest BCUT2D eigenvalue weighted by molar-refractivity contribution is 0.562. The quantitative estimate of drug-likeness (QED) is 0.706. The van der Waals surface area contributed by atoms with Crippen LogP contribution in [0.15, 0.2) is 0 Å². The van der Waals surface area contributed by atoms with E-state index < -0.39 is 14.6 Å². The van der Waals surface area contributed by atoms with Gasteiger partial charge in [0.15, 0.2) is 9.84 Å². The summed E-state index contributed by atoms with van der Waals surface area (Å²) in [4.78, 5) is 0. The van der Waals surface area contributed by atoms with Crippen molar-refractivity contribution in [1.29, 1.82) is 0 Å². The third-order valence-corrected chi connectivity index (χ3v) is 5.57. The minimum absolute atomic E-state index is 0.251. The highest BCUT2D eigenvalue weighted by atomic mass is 32.2. The molecule has 0 aromatic carbocycles.